The van der Waals surface area contributed by atoms with E-state index in [0.717, 1.165) is 29.4 Å². The lowest BCUT2D eigenvalue weighted by Crippen LogP contribution is -2.18. The summed E-state index contributed by atoms with van der Waals surface area (Å²) in [5.74, 6) is 0. The molecule has 0 fully saturated rings. The molecule has 2 aromatic rings. The van der Waals surface area contributed by atoms with Crippen LogP contribution in [0.1, 0.15) is 24.0 Å². The Bertz CT molecular complexity index is 574. The molecule has 0 aliphatic rings. The Labute approximate surface area is 110 Å². The number of anilines is 1. The average molecular weight is 263 g/mol. The second-order valence-electron chi connectivity index (χ2n) is 4.16. The van der Waals surface area contributed by atoms with Gasteiger partial charge in [0.1, 0.15) is 0 Å². The van der Waals surface area contributed by atoms with Gasteiger partial charge in [-0.25, -0.2) is 4.98 Å². The number of hydrogen-bond acceptors (Lipinski definition) is 4. The Morgan fingerprint density at radius 2 is 2.28 bits per heavy atom. The van der Waals surface area contributed by atoms with Crippen molar-refractivity contribution in [1.82, 2.24) is 9.55 Å². The summed E-state index contributed by atoms with van der Waals surface area (Å²) < 4.78 is 1.73. The summed E-state index contributed by atoms with van der Waals surface area (Å²) >= 11 is 1.65. The van der Waals surface area contributed by atoms with Gasteiger partial charge in [-0.1, -0.05) is 6.92 Å². The van der Waals surface area contributed by atoms with E-state index in [0.29, 0.717) is 6.54 Å². The van der Waals surface area contributed by atoms with Crippen molar-refractivity contribution in [1.29, 1.82) is 0 Å². The molecule has 18 heavy (non-hydrogen) atoms. The van der Waals surface area contributed by atoms with Gasteiger partial charge in [0.15, 0.2) is 0 Å². The maximum Gasteiger partial charge on any atom is 0.250 e. The molecule has 0 bridgehead atoms. The maximum atomic E-state index is 11.6. The second kappa shape index (κ2) is 5.82. The molecule has 2 rings (SSSR count). The zero-order chi connectivity index (χ0) is 13.0. The Morgan fingerprint density at radius 1 is 1.44 bits per heavy atom. The number of pyridine rings is 1. The molecule has 2 heterocycles. The summed E-state index contributed by atoms with van der Waals surface area (Å²) in [7, 11) is 0. The van der Waals surface area contributed by atoms with Crippen LogP contribution in [0.2, 0.25) is 0 Å². The van der Waals surface area contributed by atoms with Crippen LogP contribution in [0, 0.1) is 6.92 Å². The first-order valence-corrected chi connectivity index (χ1v) is 6.92. The van der Waals surface area contributed by atoms with Crippen LogP contribution in [-0.2, 0) is 13.1 Å². The van der Waals surface area contributed by atoms with Crippen LogP contribution in [-0.4, -0.2) is 9.55 Å². The van der Waals surface area contributed by atoms with Gasteiger partial charge in [0.05, 0.1) is 22.9 Å². The summed E-state index contributed by atoms with van der Waals surface area (Å²) in [6, 6.07) is 3.41. The predicted octanol–water partition coefficient (Wildman–Crippen LogP) is 2.64. The molecule has 0 aliphatic heterocycles. The molecule has 2 aromatic heterocycles. The molecule has 4 nitrogen and oxygen atoms in total. The highest BCUT2D eigenvalue weighted by atomic mass is 32.1. The largest absolute Gasteiger partial charge is 0.378 e. The molecular weight excluding hydrogens is 246 g/mol. The van der Waals surface area contributed by atoms with Gasteiger partial charge < -0.3 is 9.88 Å². The summed E-state index contributed by atoms with van der Waals surface area (Å²) in [6.07, 6.45) is 2.82. The zero-order valence-corrected chi connectivity index (χ0v) is 11.5. The van der Waals surface area contributed by atoms with E-state index < -0.39 is 0 Å². The van der Waals surface area contributed by atoms with Crippen LogP contribution in [0.15, 0.2) is 28.5 Å². The van der Waals surface area contributed by atoms with Crippen molar-refractivity contribution in [3.63, 3.8) is 0 Å². The monoisotopic (exact) mass is 263 g/mol. The number of hydrogen-bond donors (Lipinski definition) is 1. The van der Waals surface area contributed by atoms with E-state index in [-0.39, 0.29) is 5.56 Å². The quantitative estimate of drug-likeness (QED) is 0.902. The highest BCUT2D eigenvalue weighted by molar-refractivity contribution is 7.09. The van der Waals surface area contributed by atoms with E-state index in [2.05, 4.69) is 17.2 Å². The maximum absolute atomic E-state index is 11.6. The lowest BCUT2D eigenvalue weighted by Gasteiger charge is -2.08. The number of aromatic nitrogens is 2. The lowest BCUT2D eigenvalue weighted by molar-refractivity contribution is 0.655. The van der Waals surface area contributed by atoms with Gasteiger partial charge in [-0.3, -0.25) is 4.79 Å². The third-order valence-electron chi connectivity index (χ3n) is 2.59. The lowest BCUT2D eigenvalue weighted by atomic mass is 10.3. The molecule has 5 heteroatoms. The second-order valence-corrected chi connectivity index (χ2v) is 5.22. The Morgan fingerprint density at radius 3 is 2.94 bits per heavy atom. The molecule has 0 saturated heterocycles. The van der Waals surface area contributed by atoms with Gasteiger partial charge in [0.2, 0.25) is 0 Å². The van der Waals surface area contributed by atoms with E-state index in [1.54, 1.807) is 22.0 Å². The van der Waals surface area contributed by atoms with Gasteiger partial charge in [-0.2, -0.15) is 0 Å². The van der Waals surface area contributed by atoms with E-state index >= 15 is 0 Å². The molecule has 0 unspecified atom stereocenters. The molecule has 0 radical (unpaired) electrons. The minimum Gasteiger partial charge on any atom is -0.378 e. The van der Waals surface area contributed by atoms with E-state index in [9.17, 15) is 4.79 Å². The molecule has 0 atom stereocenters. The molecule has 0 aromatic carbocycles. The normalized spacial score (nSPS) is 10.6. The topological polar surface area (TPSA) is 46.9 Å². The van der Waals surface area contributed by atoms with Crippen molar-refractivity contribution in [2.75, 3.05) is 5.32 Å². The number of aryl methyl sites for hydroxylation is 2. The number of nitrogens with zero attached hydrogens (tertiary/aromatic N) is 2. The number of thiazole rings is 1. The van der Waals surface area contributed by atoms with Gasteiger partial charge in [0.25, 0.3) is 5.56 Å². The van der Waals surface area contributed by atoms with Gasteiger partial charge in [-0.15, -0.1) is 11.3 Å². The molecule has 0 aliphatic carbocycles. The fourth-order valence-corrected chi connectivity index (χ4v) is 2.35. The smallest absolute Gasteiger partial charge is 0.250 e. The number of nitrogens with one attached hydrogen (secondary N) is 1. The van der Waals surface area contributed by atoms with E-state index in [1.165, 1.54) is 0 Å². The Hall–Kier alpha value is -1.62. The molecule has 0 spiro atoms. The molecular formula is C13H17N3OS. The van der Waals surface area contributed by atoms with Crippen LogP contribution in [0.25, 0.3) is 0 Å². The summed E-state index contributed by atoms with van der Waals surface area (Å²) in [5, 5.41) is 6.40. The molecule has 96 valence electrons. The minimum atomic E-state index is 0.0481. The van der Waals surface area contributed by atoms with Crippen LogP contribution in [0.5, 0.6) is 0 Å². The van der Waals surface area contributed by atoms with Gasteiger partial charge in [-0.05, 0) is 19.4 Å². The first-order valence-electron chi connectivity index (χ1n) is 6.04. The molecule has 0 saturated carbocycles. The predicted molar refractivity (Wildman–Crippen MR) is 75.2 cm³/mol. The van der Waals surface area contributed by atoms with Crippen LogP contribution >= 0.6 is 11.3 Å². The minimum absolute atomic E-state index is 0.0481. The number of rotatable bonds is 5. The van der Waals surface area contributed by atoms with Crippen LogP contribution < -0.4 is 10.9 Å². The molecule has 1 N–H and O–H groups in total. The third-order valence-corrected chi connectivity index (χ3v) is 3.41. The Balaban J connectivity index is 2.05. The van der Waals surface area contributed by atoms with Crippen LogP contribution in [0.3, 0.4) is 0 Å². The fourth-order valence-electron chi connectivity index (χ4n) is 1.73. The SMILES string of the molecule is CCCn1cc(NCc2csc(C)n2)ccc1=O. The van der Waals surface area contributed by atoms with Crippen LogP contribution in [0.4, 0.5) is 5.69 Å². The summed E-state index contributed by atoms with van der Waals surface area (Å²) in [4.78, 5) is 16.0. The van der Waals surface area contributed by atoms with Crippen molar-refractivity contribution < 1.29 is 0 Å². The standard InChI is InChI=1S/C13H17N3OS/c1-3-6-16-8-11(4-5-13(16)17)14-7-12-9-18-10(2)15-12/h4-5,8-9,14H,3,6-7H2,1-2H3. The Kier molecular flexibility index (Phi) is 4.15. The van der Waals surface area contributed by atoms with E-state index in [1.807, 2.05) is 24.6 Å². The van der Waals surface area contributed by atoms with Gasteiger partial charge in [0, 0.05) is 24.2 Å². The highest BCUT2D eigenvalue weighted by Gasteiger charge is 2.00. The first kappa shape index (κ1) is 12.8. The first-order chi connectivity index (χ1) is 8.69. The summed E-state index contributed by atoms with van der Waals surface area (Å²) in [6.45, 7) is 5.50. The molecule has 0 amide bonds. The summed E-state index contributed by atoms with van der Waals surface area (Å²) in [5.41, 5.74) is 2.03. The van der Waals surface area contributed by atoms with Crippen molar-refractivity contribution >= 4 is 17.0 Å². The fraction of sp³-hybridized carbons (Fsp3) is 0.385. The van der Waals surface area contributed by atoms with Crippen molar-refractivity contribution in [3.8, 4) is 0 Å². The zero-order valence-electron chi connectivity index (χ0n) is 10.6. The van der Waals surface area contributed by atoms with E-state index in [4.69, 9.17) is 0 Å². The highest BCUT2D eigenvalue weighted by Crippen LogP contribution is 2.10. The average Bonchev–Trinajstić information content (AvgIpc) is 2.76. The van der Waals surface area contributed by atoms with Crippen molar-refractivity contribution in [2.45, 2.75) is 33.4 Å². The van der Waals surface area contributed by atoms with Gasteiger partial charge >= 0.3 is 0 Å². The third kappa shape index (κ3) is 3.20. The van der Waals surface area contributed by atoms with Crippen molar-refractivity contribution in [3.05, 3.63) is 44.8 Å². The van der Waals surface area contributed by atoms with Crippen molar-refractivity contribution in [2.24, 2.45) is 0 Å².